The molecule has 2 aromatic rings. The van der Waals surface area contributed by atoms with Crippen LogP contribution in [-0.4, -0.2) is 18.6 Å². The molecule has 96 valence electrons. The van der Waals surface area contributed by atoms with Crippen molar-refractivity contribution in [3.05, 3.63) is 24.1 Å². The molecule has 2 heterocycles. The second-order valence-electron chi connectivity index (χ2n) is 4.94. The van der Waals surface area contributed by atoms with E-state index in [4.69, 9.17) is 9.15 Å². The molecule has 18 heavy (non-hydrogen) atoms. The predicted octanol–water partition coefficient (Wildman–Crippen LogP) is 2.90. The number of benzene rings is 1. The van der Waals surface area contributed by atoms with E-state index in [-0.39, 0.29) is 6.04 Å². The molecule has 0 aliphatic carbocycles. The Labute approximate surface area is 106 Å². The quantitative estimate of drug-likeness (QED) is 0.885. The fraction of sp³-hybridized carbons (Fsp3) is 0.500. The van der Waals surface area contributed by atoms with Crippen LogP contribution in [0.25, 0.3) is 11.1 Å². The number of aromatic nitrogens is 1. The summed E-state index contributed by atoms with van der Waals surface area (Å²) in [5, 5.41) is 3.49. The van der Waals surface area contributed by atoms with E-state index in [1.807, 2.05) is 18.2 Å². The third-order valence-electron chi connectivity index (χ3n) is 3.65. The van der Waals surface area contributed by atoms with E-state index in [0.29, 0.717) is 5.92 Å². The van der Waals surface area contributed by atoms with Crippen molar-refractivity contribution in [3.63, 3.8) is 0 Å². The third kappa shape index (κ3) is 1.97. The number of rotatable bonds is 2. The Morgan fingerprint density at radius 2 is 2.33 bits per heavy atom. The minimum Gasteiger partial charge on any atom is -0.497 e. The van der Waals surface area contributed by atoms with Crippen LogP contribution in [0.5, 0.6) is 5.75 Å². The van der Waals surface area contributed by atoms with E-state index in [1.165, 1.54) is 12.8 Å². The summed E-state index contributed by atoms with van der Waals surface area (Å²) >= 11 is 0. The standard InChI is InChI=1S/C14H18N2O2/c1-9-4-3-7-15-13(9)14-16-11-6-5-10(17-2)8-12(11)18-14/h5-6,8-9,13,15H,3-4,7H2,1-2H3. The highest BCUT2D eigenvalue weighted by Crippen LogP contribution is 2.31. The maximum atomic E-state index is 5.87. The summed E-state index contributed by atoms with van der Waals surface area (Å²) in [5.74, 6) is 2.16. The van der Waals surface area contributed by atoms with Gasteiger partial charge in [0.25, 0.3) is 0 Å². The van der Waals surface area contributed by atoms with Crippen LogP contribution in [0.1, 0.15) is 31.7 Å². The maximum absolute atomic E-state index is 5.87. The van der Waals surface area contributed by atoms with Gasteiger partial charge in [-0.1, -0.05) is 6.92 Å². The molecule has 2 atom stereocenters. The van der Waals surface area contributed by atoms with Gasteiger partial charge in [0.15, 0.2) is 5.58 Å². The van der Waals surface area contributed by atoms with E-state index < -0.39 is 0 Å². The van der Waals surface area contributed by atoms with E-state index in [0.717, 1.165) is 29.3 Å². The topological polar surface area (TPSA) is 47.3 Å². The van der Waals surface area contributed by atoms with Crippen molar-refractivity contribution in [3.8, 4) is 5.75 Å². The molecule has 1 aromatic carbocycles. The number of methoxy groups -OCH3 is 1. The Balaban J connectivity index is 1.97. The lowest BCUT2D eigenvalue weighted by molar-refractivity contribution is 0.264. The van der Waals surface area contributed by atoms with Crippen LogP contribution in [0.15, 0.2) is 22.6 Å². The number of piperidine rings is 1. The summed E-state index contributed by atoms with van der Waals surface area (Å²) in [6.45, 7) is 3.28. The lowest BCUT2D eigenvalue weighted by Gasteiger charge is -2.27. The monoisotopic (exact) mass is 246 g/mol. The van der Waals surface area contributed by atoms with Crippen LogP contribution in [0, 0.1) is 5.92 Å². The first kappa shape index (κ1) is 11.5. The molecule has 1 aliphatic rings. The first-order chi connectivity index (χ1) is 8.78. The van der Waals surface area contributed by atoms with Crippen LogP contribution >= 0.6 is 0 Å². The number of nitrogens with one attached hydrogen (secondary N) is 1. The lowest BCUT2D eigenvalue weighted by Crippen LogP contribution is -2.32. The average Bonchev–Trinajstić information content (AvgIpc) is 2.81. The molecule has 1 saturated heterocycles. The van der Waals surface area contributed by atoms with Gasteiger partial charge >= 0.3 is 0 Å². The summed E-state index contributed by atoms with van der Waals surface area (Å²) in [4.78, 5) is 4.58. The molecule has 1 N–H and O–H groups in total. The fourth-order valence-electron chi connectivity index (χ4n) is 2.56. The van der Waals surface area contributed by atoms with Gasteiger partial charge in [0.1, 0.15) is 11.3 Å². The van der Waals surface area contributed by atoms with Crippen molar-refractivity contribution in [2.45, 2.75) is 25.8 Å². The fourth-order valence-corrected chi connectivity index (χ4v) is 2.56. The molecule has 0 radical (unpaired) electrons. The molecule has 4 nitrogen and oxygen atoms in total. The smallest absolute Gasteiger partial charge is 0.212 e. The molecule has 3 rings (SSSR count). The van der Waals surface area contributed by atoms with Crippen LogP contribution in [0.2, 0.25) is 0 Å². The van der Waals surface area contributed by atoms with E-state index in [1.54, 1.807) is 7.11 Å². The summed E-state index contributed by atoms with van der Waals surface area (Å²) < 4.78 is 11.1. The van der Waals surface area contributed by atoms with Gasteiger partial charge in [0.05, 0.1) is 13.2 Å². The first-order valence-corrected chi connectivity index (χ1v) is 6.46. The van der Waals surface area contributed by atoms with Gasteiger partial charge < -0.3 is 14.5 Å². The van der Waals surface area contributed by atoms with Crippen LogP contribution in [-0.2, 0) is 0 Å². The minimum atomic E-state index is 0.233. The Kier molecular flexibility index (Phi) is 2.96. The number of nitrogens with zero attached hydrogens (tertiary/aromatic N) is 1. The molecular formula is C14H18N2O2. The summed E-state index contributed by atoms with van der Waals surface area (Å²) in [7, 11) is 1.66. The highest BCUT2D eigenvalue weighted by Gasteiger charge is 2.26. The largest absolute Gasteiger partial charge is 0.497 e. The van der Waals surface area contributed by atoms with Gasteiger partial charge in [-0.05, 0) is 37.4 Å². The third-order valence-corrected chi connectivity index (χ3v) is 3.65. The van der Waals surface area contributed by atoms with Gasteiger partial charge in [-0.3, -0.25) is 0 Å². The van der Waals surface area contributed by atoms with Crippen LogP contribution in [0.3, 0.4) is 0 Å². The lowest BCUT2D eigenvalue weighted by atomic mass is 9.93. The zero-order valence-electron chi connectivity index (χ0n) is 10.8. The Hall–Kier alpha value is -1.55. The highest BCUT2D eigenvalue weighted by molar-refractivity contribution is 5.74. The van der Waals surface area contributed by atoms with E-state index in [9.17, 15) is 0 Å². The Morgan fingerprint density at radius 3 is 3.11 bits per heavy atom. The van der Waals surface area contributed by atoms with Gasteiger partial charge in [-0.25, -0.2) is 4.98 Å². The van der Waals surface area contributed by atoms with Crippen molar-refractivity contribution in [1.29, 1.82) is 0 Å². The van der Waals surface area contributed by atoms with Crippen molar-refractivity contribution >= 4 is 11.1 Å². The van der Waals surface area contributed by atoms with Crippen LogP contribution < -0.4 is 10.1 Å². The molecule has 2 unspecified atom stereocenters. The predicted molar refractivity (Wildman–Crippen MR) is 69.7 cm³/mol. The van der Waals surface area contributed by atoms with Gasteiger partial charge in [0, 0.05) is 6.07 Å². The number of ether oxygens (including phenoxy) is 1. The molecular weight excluding hydrogens is 228 g/mol. The van der Waals surface area contributed by atoms with Gasteiger partial charge in [-0.15, -0.1) is 0 Å². The maximum Gasteiger partial charge on any atom is 0.212 e. The number of hydrogen-bond acceptors (Lipinski definition) is 4. The van der Waals surface area contributed by atoms with Crippen molar-refractivity contribution in [1.82, 2.24) is 10.3 Å². The van der Waals surface area contributed by atoms with E-state index >= 15 is 0 Å². The molecule has 0 spiro atoms. The van der Waals surface area contributed by atoms with Crippen molar-refractivity contribution in [2.75, 3.05) is 13.7 Å². The normalized spacial score (nSPS) is 24.3. The summed E-state index contributed by atoms with van der Waals surface area (Å²) in [5.41, 5.74) is 1.69. The Morgan fingerprint density at radius 1 is 1.44 bits per heavy atom. The molecule has 0 amide bonds. The average molecular weight is 246 g/mol. The van der Waals surface area contributed by atoms with E-state index in [2.05, 4.69) is 17.2 Å². The van der Waals surface area contributed by atoms with Gasteiger partial charge in [-0.2, -0.15) is 0 Å². The molecule has 0 bridgehead atoms. The number of fused-ring (bicyclic) bond motifs is 1. The second-order valence-corrected chi connectivity index (χ2v) is 4.94. The molecule has 4 heteroatoms. The Bertz CT molecular complexity index is 550. The van der Waals surface area contributed by atoms with Crippen molar-refractivity contribution < 1.29 is 9.15 Å². The molecule has 1 fully saturated rings. The van der Waals surface area contributed by atoms with Crippen molar-refractivity contribution in [2.24, 2.45) is 5.92 Å². The second kappa shape index (κ2) is 4.61. The zero-order chi connectivity index (χ0) is 12.5. The highest BCUT2D eigenvalue weighted by atomic mass is 16.5. The zero-order valence-corrected chi connectivity index (χ0v) is 10.8. The number of hydrogen-bond donors (Lipinski definition) is 1. The minimum absolute atomic E-state index is 0.233. The first-order valence-electron chi connectivity index (χ1n) is 6.46. The molecule has 1 aliphatic heterocycles. The molecule has 1 aromatic heterocycles. The summed E-state index contributed by atoms with van der Waals surface area (Å²) in [6, 6.07) is 5.97. The van der Waals surface area contributed by atoms with Gasteiger partial charge in [0.2, 0.25) is 5.89 Å². The SMILES string of the molecule is COc1ccc2nc(C3NCCCC3C)oc2c1. The molecule has 0 saturated carbocycles. The summed E-state index contributed by atoms with van der Waals surface area (Å²) in [6.07, 6.45) is 2.45. The number of oxazole rings is 1. The van der Waals surface area contributed by atoms with Crippen LogP contribution in [0.4, 0.5) is 0 Å².